The molecule has 0 aliphatic carbocycles. The molecule has 0 unspecified atom stereocenters. The highest BCUT2D eigenvalue weighted by Gasteiger charge is 2.25. The lowest BCUT2D eigenvalue weighted by molar-refractivity contribution is 0.465. The molecule has 0 aliphatic heterocycles. The molecule has 0 amide bonds. The molecule has 4 N–H and O–H groups in total. The molecule has 0 aliphatic rings. The summed E-state index contributed by atoms with van der Waals surface area (Å²) in [5, 5.41) is 18.4. The second-order valence-corrected chi connectivity index (χ2v) is 11.8. The largest absolute Gasteiger partial charge is 0.504 e. The van der Waals surface area contributed by atoms with Crippen LogP contribution in [0.1, 0.15) is 42.1 Å². The van der Waals surface area contributed by atoms with Gasteiger partial charge in [-0.05, 0) is 31.4 Å². The quantitative estimate of drug-likeness (QED) is 0.341. The SMILES string of the molecule is CCNS(=O)(=O)c1scc(Nc2nsnc2N[C@@H](c2cc(C)c(C)s2)C(C)C)c1O. The number of aromatic hydroxyl groups is 1. The molecule has 0 bridgehead atoms. The highest BCUT2D eigenvalue weighted by Crippen LogP contribution is 2.41. The first-order valence-corrected chi connectivity index (χ1v) is 13.3. The minimum atomic E-state index is -3.75. The Labute approximate surface area is 188 Å². The molecule has 1 atom stereocenters. The first-order valence-electron chi connectivity index (χ1n) is 9.37. The van der Waals surface area contributed by atoms with E-state index in [9.17, 15) is 13.5 Å². The molecule has 30 heavy (non-hydrogen) atoms. The Morgan fingerprint density at radius 2 is 1.90 bits per heavy atom. The molecule has 0 saturated carbocycles. The van der Waals surface area contributed by atoms with E-state index in [0.29, 0.717) is 17.6 Å². The van der Waals surface area contributed by atoms with E-state index in [1.54, 1.807) is 23.6 Å². The number of anilines is 3. The molecule has 8 nitrogen and oxygen atoms in total. The predicted molar refractivity (Wildman–Crippen MR) is 125 cm³/mol. The third-order valence-electron chi connectivity index (χ3n) is 4.50. The number of aryl methyl sites for hydroxylation is 2. The van der Waals surface area contributed by atoms with E-state index in [1.807, 2.05) is 0 Å². The Bertz CT molecular complexity index is 1100. The average Bonchev–Trinajstić information content (AvgIpc) is 3.34. The Morgan fingerprint density at radius 3 is 2.50 bits per heavy atom. The van der Waals surface area contributed by atoms with Crippen LogP contribution in [0.3, 0.4) is 0 Å². The third kappa shape index (κ3) is 4.78. The summed E-state index contributed by atoms with van der Waals surface area (Å²) in [5.74, 6) is 0.980. The summed E-state index contributed by atoms with van der Waals surface area (Å²) >= 11 is 3.74. The van der Waals surface area contributed by atoms with Crippen LogP contribution in [0.25, 0.3) is 0 Å². The standard InChI is InChI=1S/C18H25N5O3S4/c1-6-19-30(25,26)18-15(24)12(8-27-18)20-16-17(23-29-22-16)21-14(9(2)3)13-7-10(4)11(5)28-13/h7-9,14,19,24H,6H2,1-5H3,(H,20,22)(H,21,23)/t14-/m1/s1. The zero-order valence-corrected chi connectivity index (χ0v) is 20.6. The minimum absolute atomic E-state index is 0.0487. The number of sulfonamides is 1. The van der Waals surface area contributed by atoms with Crippen LogP contribution in [-0.2, 0) is 10.0 Å². The van der Waals surface area contributed by atoms with Crippen LogP contribution < -0.4 is 15.4 Å². The topological polar surface area (TPSA) is 116 Å². The number of hydrogen-bond acceptors (Lipinski definition) is 10. The second kappa shape index (κ2) is 9.18. The van der Waals surface area contributed by atoms with Crippen LogP contribution in [0.4, 0.5) is 17.3 Å². The van der Waals surface area contributed by atoms with Crippen LogP contribution in [0.15, 0.2) is 15.7 Å². The van der Waals surface area contributed by atoms with Crippen molar-refractivity contribution in [1.29, 1.82) is 0 Å². The monoisotopic (exact) mass is 487 g/mol. The number of hydrogen-bond donors (Lipinski definition) is 4. The molecular formula is C18H25N5O3S4. The van der Waals surface area contributed by atoms with Gasteiger partial charge < -0.3 is 15.7 Å². The summed E-state index contributed by atoms with van der Waals surface area (Å²) in [6.07, 6.45) is 0. The fourth-order valence-electron chi connectivity index (χ4n) is 2.83. The van der Waals surface area contributed by atoms with E-state index in [4.69, 9.17) is 0 Å². The van der Waals surface area contributed by atoms with Crippen molar-refractivity contribution in [2.45, 2.75) is 44.9 Å². The molecule has 3 rings (SSSR count). The Morgan fingerprint density at radius 1 is 1.20 bits per heavy atom. The normalized spacial score (nSPS) is 13.0. The van der Waals surface area contributed by atoms with Crippen molar-refractivity contribution in [3.63, 3.8) is 0 Å². The first kappa shape index (κ1) is 22.9. The van der Waals surface area contributed by atoms with Crippen molar-refractivity contribution in [1.82, 2.24) is 13.5 Å². The van der Waals surface area contributed by atoms with Crippen molar-refractivity contribution in [2.75, 3.05) is 17.2 Å². The lowest BCUT2D eigenvalue weighted by Crippen LogP contribution is -2.22. The van der Waals surface area contributed by atoms with E-state index in [0.717, 1.165) is 23.1 Å². The van der Waals surface area contributed by atoms with Gasteiger partial charge in [-0.1, -0.05) is 20.8 Å². The van der Waals surface area contributed by atoms with Gasteiger partial charge in [-0.25, -0.2) is 13.1 Å². The summed E-state index contributed by atoms with van der Waals surface area (Å²) in [6.45, 7) is 10.4. The predicted octanol–water partition coefficient (Wildman–Crippen LogP) is 4.83. The van der Waals surface area contributed by atoms with Crippen LogP contribution in [0.2, 0.25) is 0 Å². The number of thiophene rings is 2. The van der Waals surface area contributed by atoms with Crippen LogP contribution in [-0.4, -0.2) is 28.8 Å². The van der Waals surface area contributed by atoms with Crippen molar-refractivity contribution in [3.05, 3.63) is 26.8 Å². The van der Waals surface area contributed by atoms with Crippen molar-refractivity contribution in [2.24, 2.45) is 5.92 Å². The third-order valence-corrected chi connectivity index (χ3v) is 9.32. The zero-order chi connectivity index (χ0) is 22.1. The van der Waals surface area contributed by atoms with Crippen LogP contribution >= 0.6 is 34.4 Å². The number of nitrogens with zero attached hydrogens (tertiary/aromatic N) is 2. The van der Waals surface area contributed by atoms with E-state index < -0.39 is 10.0 Å². The van der Waals surface area contributed by atoms with Crippen LogP contribution in [0.5, 0.6) is 5.75 Å². The van der Waals surface area contributed by atoms with Gasteiger partial charge in [0.2, 0.25) is 0 Å². The molecular weight excluding hydrogens is 462 g/mol. The molecule has 3 heterocycles. The number of nitrogens with one attached hydrogen (secondary N) is 3. The van der Waals surface area contributed by atoms with Gasteiger partial charge in [0.1, 0.15) is 0 Å². The van der Waals surface area contributed by atoms with Gasteiger partial charge in [0.25, 0.3) is 10.0 Å². The molecule has 0 aromatic carbocycles. The molecule has 12 heteroatoms. The van der Waals surface area contributed by atoms with Gasteiger partial charge in [-0.2, -0.15) is 8.75 Å². The maximum absolute atomic E-state index is 12.2. The fourth-order valence-corrected chi connectivity index (χ4v) is 6.89. The van der Waals surface area contributed by atoms with Gasteiger partial charge in [-0.15, -0.1) is 22.7 Å². The molecule has 0 spiro atoms. The van der Waals surface area contributed by atoms with E-state index in [2.05, 4.69) is 57.9 Å². The maximum Gasteiger partial charge on any atom is 0.253 e. The maximum atomic E-state index is 12.2. The summed E-state index contributed by atoms with van der Waals surface area (Å²) < 4.78 is 35.3. The van der Waals surface area contributed by atoms with Gasteiger partial charge in [-0.3, -0.25) is 0 Å². The van der Waals surface area contributed by atoms with Crippen molar-refractivity contribution < 1.29 is 13.5 Å². The summed E-state index contributed by atoms with van der Waals surface area (Å²) in [7, 11) is -3.75. The lowest BCUT2D eigenvalue weighted by atomic mass is 10.0. The van der Waals surface area contributed by atoms with Crippen LogP contribution in [0, 0.1) is 19.8 Å². The minimum Gasteiger partial charge on any atom is -0.504 e. The van der Waals surface area contributed by atoms with E-state index >= 15 is 0 Å². The second-order valence-electron chi connectivity index (χ2n) is 7.13. The fraction of sp³-hybridized carbons (Fsp3) is 0.444. The Kier molecular flexibility index (Phi) is 7.02. The Hall–Kier alpha value is -1.73. The Balaban J connectivity index is 1.85. The smallest absolute Gasteiger partial charge is 0.253 e. The molecule has 0 fully saturated rings. The van der Waals surface area contributed by atoms with Gasteiger partial charge >= 0.3 is 0 Å². The highest BCUT2D eigenvalue weighted by molar-refractivity contribution is 7.91. The molecule has 3 aromatic rings. The van der Waals surface area contributed by atoms with Crippen molar-refractivity contribution >= 4 is 61.7 Å². The molecule has 3 aromatic heterocycles. The molecule has 0 saturated heterocycles. The van der Waals surface area contributed by atoms with Gasteiger partial charge in [0.15, 0.2) is 21.6 Å². The zero-order valence-electron chi connectivity index (χ0n) is 17.3. The first-order chi connectivity index (χ1) is 14.1. The molecule has 164 valence electrons. The molecule has 0 radical (unpaired) electrons. The summed E-state index contributed by atoms with van der Waals surface area (Å²) in [5.41, 5.74) is 1.53. The number of rotatable bonds is 9. The lowest BCUT2D eigenvalue weighted by Gasteiger charge is -2.21. The summed E-state index contributed by atoms with van der Waals surface area (Å²) in [4.78, 5) is 2.50. The van der Waals surface area contributed by atoms with Gasteiger partial charge in [0.05, 0.1) is 23.5 Å². The van der Waals surface area contributed by atoms with Crippen molar-refractivity contribution in [3.8, 4) is 5.75 Å². The summed E-state index contributed by atoms with van der Waals surface area (Å²) in [6, 6.07) is 2.24. The number of aromatic nitrogens is 2. The average molecular weight is 488 g/mol. The van der Waals surface area contributed by atoms with E-state index in [1.165, 1.54) is 15.3 Å². The van der Waals surface area contributed by atoms with E-state index in [-0.39, 0.29) is 28.2 Å². The highest BCUT2D eigenvalue weighted by atomic mass is 32.2. The van der Waals surface area contributed by atoms with Gasteiger partial charge in [0, 0.05) is 21.7 Å².